The molecule has 0 aliphatic heterocycles. The lowest BCUT2D eigenvalue weighted by atomic mass is 9.87. The van der Waals surface area contributed by atoms with Gasteiger partial charge < -0.3 is 4.74 Å². The molecule has 0 aliphatic carbocycles. The number of carbonyl (C=O) groups excluding carboxylic acids is 1. The summed E-state index contributed by atoms with van der Waals surface area (Å²) in [5.74, 6) is 0.359. The van der Waals surface area contributed by atoms with Crippen LogP contribution >= 0.6 is 0 Å². The van der Waals surface area contributed by atoms with Gasteiger partial charge in [-0.1, -0.05) is 27.2 Å². The first-order valence-electron chi connectivity index (χ1n) is 5.77. The minimum atomic E-state index is -0.184. The number of Topliss-reactive ketones (excluding diaryl/α,β-unsaturated/α-hetero) is 1. The fourth-order valence-corrected chi connectivity index (χ4v) is 1.31. The molecule has 2 heteroatoms. The number of ketones is 1. The van der Waals surface area contributed by atoms with Crippen LogP contribution in [0, 0.1) is 5.41 Å². The van der Waals surface area contributed by atoms with Crippen LogP contribution in [0.2, 0.25) is 0 Å². The first-order chi connectivity index (χ1) is 6.69. The maximum Gasteiger partial charge on any atom is 0.138 e. The summed E-state index contributed by atoms with van der Waals surface area (Å²) in [6.07, 6.45) is 3.75. The van der Waals surface area contributed by atoms with Crippen molar-refractivity contribution in [3.63, 3.8) is 0 Å². The predicted octanol–water partition coefficient (Wildman–Crippen LogP) is 3.59. The number of ether oxygens (including phenoxy) is 1. The molecule has 90 valence electrons. The Kier molecular flexibility index (Phi) is 5.50. The van der Waals surface area contributed by atoms with Crippen molar-refractivity contribution in [2.75, 3.05) is 7.11 Å². The fourth-order valence-electron chi connectivity index (χ4n) is 1.31. The molecule has 0 aromatic rings. The van der Waals surface area contributed by atoms with Gasteiger partial charge in [0.15, 0.2) is 0 Å². The lowest BCUT2D eigenvalue weighted by Crippen LogP contribution is -2.23. The fraction of sp³-hybridized carbons (Fsp3) is 0.923. The molecule has 0 atom stereocenters. The van der Waals surface area contributed by atoms with Crippen molar-refractivity contribution in [2.24, 2.45) is 5.41 Å². The zero-order valence-electron chi connectivity index (χ0n) is 11.1. The molecule has 2 nitrogen and oxygen atoms in total. The van der Waals surface area contributed by atoms with E-state index >= 15 is 0 Å². The second-order valence-corrected chi connectivity index (χ2v) is 5.84. The average molecular weight is 214 g/mol. The average Bonchev–Trinajstić information content (AvgIpc) is 2.10. The molecule has 0 N–H and O–H groups in total. The van der Waals surface area contributed by atoms with Gasteiger partial charge in [-0.05, 0) is 26.7 Å². The minimum Gasteiger partial charge on any atom is -0.379 e. The van der Waals surface area contributed by atoms with E-state index in [0.29, 0.717) is 12.2 Å². The Hall–Kier alpha value is -0.370. The van der Waals surface area contributed by atoms with Crippen LogP contribution in [0.15, 0.2) is 0 Å². The van der Waals surface area contributed by atoms with Crippen LogP contribution in [-0.4, -0.2) is 18.5 Å². The lowest BCUT2D eigenvalue weighted by Gasteiger charge is -2.23. The molecular weight excluding hydrogens is 188 g/mol. The standard InChI is InChI=1S/C13H26O2/c1-12(2,3)11(14)9-7-8-10-13(4,5)15-6/h7-10H2,1-6H3. The predicted molar refractivity (Wildman–Crippen MR) is 64.0 cm³/mol. The molecule has 0 heterocycles. The van der Waals surface area contributed by atoms with Crippen molar-refractivity contribution in [1.29, 1.82) is 0 Å². The van der Waals surface area contributed by atoms with Crippen LogP contribution in [0.4, 0.5) is 0 Å². The Morgan fingerprint density at radius 2 is 1.60 bits per heavy atom. The molecule has 0 bridgehead atoms. The molecule has 0 spiro atoms. The molecule has 0 radical (unpaired) electrons. The first-order valence-corrected chi connectivity index (χ1v) is 5.77. The van der Waals surface area contributed by atoms with E-state index in [4.69, 9.17) is 4.74 Å². The highest BCUT2D eigenvalue weighted by Gasteiger charge is 2.21. The molecule has 0 rings (SSSR count). The van der Waals surface area contributed by atoms with Gasteiger partial charge in [0.2, 0.25) is 0 Å². The molecule has 0 fully saturated rings. The highest BCUT2D eigenvalue weighted by atomic mass is 16.5. The molecular formula is C13H26O2. The van der Waals surface area contributed by atoms with Crippen LogP contribution in [0.5, 0.6) is 0 Å². The second kappa shape index (κ2) is 5.64. The smallest absolute Gasteiger partial charge is 0.138 e. The molecule has 0 saturated heterocycles. The number of unbranched alkanes of at least 4 members (excludes halogenated alkanes) is 1. The Morgan fingerprint density at radius 1 is 1.07 bits per heavy atom. The van der Waals surface area contributed by atoms with Crippen LogP contribution < -0.4 is 0 Å². The van der Waals surface area contributed by atoms with Crippen molar-refractivity contribution in [1.82, 2.24) is 0 Å². The Balaban J connectivity index is 3.69. The Labute approximate surface area is 94.4 Å². The number of hydrogen-bond acceptors (Lipinski definition) is 2. The normalized spacial score (nSPS) is 12.9. The zero-order chi connectivity index (χ0) is 12.1. The van der Waals surface area contributed by atoms with Gasteiger partial charge in [-0.2, -0.15) is 0 Å². The molecule has 0 aromatic heterocycles. The summed E-state index contributed by atoms with van der Waals surface area (Å²) in [5.41, 5.74) is -0.235. The van der Waals surface area contributed by atoms with Crippen LogP contribution in [0.1, 0.15) is 60.3 Å². The van der Waals surface area contributed by atoms with E-state index in [9.17, 15) is 4.79 Å². The molecule has 0 amide bonds. The van der Waals surface area contributed by atoms with E-state index in [0.717, 1.165) is 19.3 Å². The van der Waals surface area contributed by atoms with Gasteiger partial charge >= 0.3 is 0 Å². The van der Waals surface area contributed by atoms with Crippen molar-refractivity contribution in [3.8, 4) is 0 Å². The summed E-state index contributed by atoms with van der Waals surface area (Å²) >= 11 is 0. The Morgan fingerprint density at radius 3 is 2.00 bits per heavy atom. The van der Waals surface area contributed by atoms with Crippen LogP contribution in [0.3, 0.4) is 0 Å². The molecule has 0 aliphatic rings. The summed E-state index contributed by atoms with van der Waals surface area (Å²) in [6, 6.07) is 0. The third-order valence-corrected chi connectivity index (χ3v) is 2.82. The monoisotopic (exact) mass is 214 g/mol. The summed E-state index contributed by atoms with van der Waals surface area (Å²) in [7, 11) is 1.74. The van der Waals surface area contributed by atoms with Crippen molar-refractivity contribution >= 4 is 5.78 Å². The Bertz CT molecular complexity index is 199. The van der Waals surface area contributed by atoms with Crippen molar-refractivity contribution < 1.29 is 9.53 Å². The van der Waals surface area contributed by atoms with E-state index < -0.39 is 0 Å². The van der Waals surface area contributed by atoms with Crippen LogP contribution in [0.25, 0.3) is 0 Å². The number of carbonyl (C=O) groups is 1. The van der Waals surface area contributed by atoms with Crippen LogP contribution in [-0.2, 0) is 9.53 Å². The van der Waals surface area contributed by atoms with Gasteiger partial charge in [-0.25, -0.2) is 0 Å². The van der Waals surface area contributed by atoms with Crippen molar-refractivity contribution in [3.05, 3.63) is 0 Å². The first kappa shape index (κ1) is 14.6. The third-order valence-electron chi connectivity index (χ3n) is 2.82. The number of methoxy groups -OCH3 is 1. The van der Waals surface area contributed by atoms with E-state index in [1.165, 1.54) is 0 Å². The number of hydrogen-bond donors (Lipinski definition) is 0. The summed E-state index contributed by atoms with van der Waals surface area (Å²) in [5, 5.41) is 0. The summed E-state index contributed by atoms with van der Waals surface area (Å²) in [6.45, 7) is 10.1. The third kappa shape index (κ3) is 6.67. The highest BCUT2D eigenvalue weighted by Crippen LogP contribution is 2.21. The topological polar surface area (TPSA) is 26.3 Å². The van der Waals surface area contributed by atoms with Gasteiger partial charge in [0, 0.05) is 18.9 Å². The summed E-state index contributed by atoms with van der Waals surface area (Å²) < 4.78 is 5.33. The van der Waals surface area contributed by atoms with Crippen molar-refractivity contribution in [2.45, 2.75) is 65.9 Å². The van der Waals surface area contributed by atoms with Gasteiger partial charge in [-0.15, -0.1) is 0 Å². The molecule has 0 saturated carbocycles. The largest absolute Gasteiger partial charge is 0.379 e. The minimum absolute atomic E-state index is 0.0508. The van der Waals surface area contributed by atoms with E-state index in [1.807, 2.05) is 20.8 Å². The SMILES string of the molecule is COC(C)(C)CCCCC(=O)C(C)(C)C. The van der Waals surface area contributed by atoms with E-state index in [-0.39, 0.29) is 11.0 Å². The maximum atomic E-state index is 11.6. The quantitative estimate of drug-likeness (QED) is 0.632. The zero-order valence-corrected chi connectivity index (χ0v) is 11.1. The van der Waals surface area contributed by atoms with E-state index in [1.54, 1.807) is 7.11 Å². The molecule has 0 aromatic carbocycles. The van der Waals surface area contributed by atoms with Gasteiger partial charge in [-0.3, -0.25) is 4.79 Å². The van der Waals surface area contributed by atoms with E-state index in [2.05, 4.69) is 13.8 Å². The summed E-state index contributed by atoms with van der Waals surface area (Å²) in [4.78, 5) is 11.6. The maximum absolute atomic E-state index is 11.6. The van der Waals surface area contributed by atoms with Gasteiger partial charge in [0.1, 0.15) is 5.78 Å². The molecule has 0 unspecified atom stereocenters. The highest BCUT2D eigenvalue weighted by molar-refractivity contribution is 5.83. The number of rotatable bonds is 6. The lowest BCUT2D eigenvalue weighted by molar-refractivity contribution is -0.126. The second-order valence-electron chi connectivity index (χ2n) is 5.84. The molecule has 15 heavy (non-hydrogen) atoms. The van der Waals surface area contributed by atoms with Gasteiger partial charge in [0.05, 0.1) is 5.60 Å². The van der Waals surface area contributed by atoms with Gasteiger partial charge in [0.25, 0.3) is 0 Å².